The first-order valence-corrected chi connectivity index (χ1v) is 5.36. The second-order valence-corrected chi connectivity index (χ2v) is 4.61. The van der Waals surface area contributed by atoms with Gasteiger partial charge in [0.2, 0.25) is 0 Å². The topological polar surface area (TPSA) is 30.5 Å². The molecule has 2 saturated heterocycles. The lowest BCUT2D eigenvalue weighted by molar-refractivity contribution is -0.228. The molecule has 2 spiro atoms. The highest BCUT2D eigenvalue weighted by atomic mass is 16.6. The van der Waals surface area contributed by atoms with Crippen LogP contribution in [-0.4, -0.2) is 31.1 Å². The maximum Gasteiger partial charge on any atom is 0.145 e. The van der Waals surface area contributed by atoms with E-state index in [4.69, 9.17) is 9.47 Å². The SMILES string of the molecule is C1CC2(C1)CCNC1(CCOC1)O2. The van der Waals surface area contributed by atoms with Crippen molar-refractivity contribution in [2.24, 2.45) is 0 Å². The Labute approximate surface area is 78.8 Å². The molecule has 1 aliphatic carbocycles. The van der Waals surface area contributed by atoms with Gasteiger partial charge >= 0.3 is 0 Å². The molecule has 0 aromatic rings. The van der Waals surface area contributed by atoms with Crippen molar-refractivity contribution in [1.29, 1.82) is 0 Å². The van der Waals surface area contributed by atoms with Crippen LogP contribution in [0.2, 0.25) is 0 Å². The number of hydrogen-bond acceptors (Lipinski definition) is 3. The van der Waals surface area contributed by atoms with Crippen molar-refractivity contribution in [3.05, 3.63) is 0 Å². The minimum atomic E-state index is -0.112. The van der Waals surface area contributed by atoms with Crippen LogP contribution in [-0.2, 0) is 9.47 Å². The van der Waals surface area contributed by atoms with Crippen molar-refractivity contribution < 1.29 is 9.47 Å². The van der Waals surface area contributed by atoms with Crippen molar-refractivity contribution in [1.82, 2.24) is 5.32 Å². The molecule has 1 N–H and O–H groups in total. The van der Waals surface area contributed by atoms with Gasteiger partial charge < -0.3 is 9.47 Å². The number of rotatable bonds is 0. The van der Waals surface area contributed by atoms with Gasteiger partial charge in [-0.3, -0.25) is 5.32 Å². The van der Waals surface area contributed by atoms with Crippen molar-refractivity contribution in [2.75, 3.05) is 19.8 Å². The molecule has 1 saturated carbocycles. The van der Waals surface area contributed by atoms with Crippen molar-refractivity contribution in [3.8, 4) is 0 Å². The standard InChI is InChI=1S/C10H17NO2/c1-2-9(3-1)4-6-11-10(13-9)5-7-12-8-10/h11H,1-8H2. The lowest BCUT2D eigenvalue weighted by atomic mass is 9.76. The van der Waals surface area contributed by atoms with Crippen LogP contribution in [0.4, 0.5) is 0 Å². The zero-order valence-electron chi connectivity index (χ0n) is 7.97. The summed E-state index contributed by atoms with van der Waals surface area (Å²) < 4.78 is 11.6. The maximum absolute atomic E-state index is 6.22. The predicted octanol–water partition coefficient (Wildman–Crippen LogP) is 1.04. The summed E-state index contributed by atoms with van der Waals surface area (Å²) in [4.78, 5) is 0. The highest BCUT2D eigenvalue weighted by Crippen LogP contribution is 2.44. The molecule has 0 amide bonds. The summed E-state index contributed by atoms with van der Waals surface area (Å²) in [6.45, 7) is 2.70. The van der Waals surface area contributed by atoms with E-state index in [2.05, 4.69) is 5.32 Å². The van der Waals surface area contributed by atoms with E-state index in [9.17, 15) is 0 Å². The first-order chi connectivity index (χ1) is 6.33. The van der Waals surface area contributed by atoms with Crippen LogP contribution in [0.5, 0.6) is 0 Å². The maximum atomic E-state index is 6.22. The van der Waals surface area contributed by atoms with Crippen LogP contribution in [0.15, 0.2) is 0 Å². The van der Waals surface area contributed by atoms with Gasteiger partial charge in [-0.15, -0.1) is 0 Å². The minimum absolute atomic E-state index is 0.112. The van der Waals surface area contributed by atoms with Gasteiger partial charge in [0.15, 0.2) is 0 Å². The van der Waals surface area contributed by atoms with Crippen LogP contribution in [0, 0.1) is 0 Å². The van der Waals surface area contributed by atoms with E-state index in [-0.39, 0.29) is 11.3 Å². The largest absolute Gasteiger partial charge is 0.377 e. The lowest BCUT2D eigenvalue weighted by Crippen LogP contribution is -2.62. The summed E-state index contributed by atoms with van der Waals surface area (Å²) in [5.74, 6) is 0. The highest BCUT2D eigenvalue weighted by molar-refractivity contribution is 4.99. The quantitative estimate of drug-likeness (QED) is 0.608. The third-order valence-corrected chi connectivity index (χ3v) is 3.69. The average molecular weight is 183 g/mol. The molecular weight excluding hydrogens is 166 g/mol. The Morgan fingerprint density at radius 2 is 2.00 bits per heavy atom. The van der Waals surface area contributed by atoms with Crippen molar-refractivity contribution in [3.63, 3.8) is 0 Å². The van der Waals surface area contributed by atoms with E-state index in [0.717, 1.165) is 26.2 Å². The van der Waals surface area contributed by atoms with E-state index in [1.54, 1.807) is 0 Å². The van der Waals surface area contributed by atoms with Gasteiger partial charge in [0.25, 0.3) is 0 Å². The van der Waals surface area contributed by atoms with Crippen LogP contribution in [0.25, 0.3) is 0 Å². The molecule has 0 aromatic carbocycles. The van der Waals surface area contributed by atoms with Crippen LogP contribution >= 0.6 is 0 Å². The van der Waals surface area contributed by atoms with E-state index >= 15 is 0 Å². The summed E-state index contributed by atoms with van der Waals surface area (Å²) in [5.41, 5.74) is 0.123. The fourth-order valence-electron chi connectivity index (χ4n) is 2.71. The monoisotopic (exact) mass is 183 g/mol. The van der Waals surface area contributed by atoms with E-state index in [1.165, 1.54) is 25.7 Å². The average Bonchev–Trinajstić information content (AvgIpc) is 2.51. The second kappa shape index (κ2) is 2.69. The molecule has 1 atom stereocenters. The molecule has 3 aliphatic rings. The summed E-state index contributed by atoms with van der Waals surface area (Å²) in [5, 5.41) is 3.47. The van der Waals surface area contributed by atoms with E-state index < -0.39 is 0 Å². The summed E-state index contributed by atoms with van der Waals surface area (Å²) in [6, 6.07) is 0. The predicted molar refractivity (Wildman–Crippen MR) is 48.5 cm³/mol. The molecule has 3 rings (SSSR count). The summed E-state index contributed by atoms with van der Waals surface area (Å²) in [6.07, 6.45) is 6.08. The fraction of sp³-hybridized carbons (Fsp3) is 1.00. The molecule has 3 fully saturated rings. The smallest absolute Gasteiger partial charge is 0.145 e. The molecule has 3 heteroatoms. The van der Waals surface area contributed by atoms with Gasteiger partial charge in [0.05, 0.1) is 18.8 Å². The second-order valence-electron chi connectivity index (χ2n) is 4.61. The molecule has 0 radical (unpaired) electrons. The zero-order valence-corrected chi connectivity index (χ0v) is 7.97. The Morgan fingerprint density at radius 3 is 2.62 bits per heavy atom. The fourth-order valence-corrected chi connectivity index (χ4v) is 2.71. The van der Waals surface area contributed by atoms with Crippen molar-refractivity contribution in [2.45, 2.75) is 43.4 Å². The number of ether oxygens (including phenoxy) is 2. The molecule has 2 heterocycles. The Hall–Kier alpha value is -0.120. The third-order valence-electron chi connectivity index (χ3n) is 3.69. The van der Waals surface area contributed by atoms with E-state index in [0.29, 0.717) is 0 Å². The Bertz CT molecular complexity index is 207. The minimum Gasteiger partial charge on any atom is -0.377 e. The van der Waals surface area contributed by atoms with Gasteiger partial charge in [-0.25, -0.2) is 0 Å². The lowest BCUT2D eigenvalue weighted by Gasteiger charge is -2.51. The van der Waals surface area contributed by atoms with E-state index in [1.807, 2.05) is 0 Å². The number of nitrogens with one attached hydrogen (secondary N) is 1. The van der Waals surface area contributed by atoms with Gasteiger partial charge in [-0.2, -0.15) is 0 Å². The normalized spacial score (nSPS) is 42.5. The van der Waals surface area contributed by atoms with Crippen LogP contribution in [0.3, 0.4) is 0 Å². The Balaban J connectivity index is 1.76. The molecule has 2 aliphatic heterocycles. The highest BCUT2D eigenvalue weighted by Gasteiger charge is 2.50. The van der Waals surface area contributed by atoms with Crippen LogP contribution < -0.4 is 5.32 Å². The van der Waals surface area contributed by atoms with Crippen molar-refractivity contribution >= 4 is 0 Å². The Morgan fingerprint density at radius 1 is 1.08 bits per heavy atom. The van der Waals surface area contributed by atoms with Gasteiger partial charge in [0.1, 0.15) is 5.72 Å². The first kappa shape index (κ1) is 8.21. The summed E-state index contributed by atoms with van der Waals surface area (Å²) >= 11 is 0. The van der Waals surface area contributed by atoms with Gasteiger partial charge in [-0.1, -0.05) is 0 Å². The molecule has 3 nitrogen and oxygen atoms in total. The Kier molecular flexibility index (Phi) is 1.70. The molecule has 0 bridgehead atoms. The number of hydrogen-bond donors (Lipinski definition) is 1. The molecule has 0 aromatic heterocycles. The molecular formula is C10H17NO2. The molecule has 1 unspecified atom stereocenters. The molecule has 74 valence electrons. The first-order valence-electron chi connectivity index (χ1n) is 5.36. The van der Waals surface area contributed by atoms with Gasteiger partial charge in [0, 0.05) is 13.0 Å². The zero-order chi connectivity index (χ0) is 8.78. The molecule has 13 heavy (non-hydrogen) atoms. The van der Waals surface area contributed by atoms with Crippen LogP contribution in [0.1, 0.15) is 32.1 Å². The van der Waals surface area contributed by atoms with Gasteiger partial charge in [-0.05, 0) is 25.7 Å². The summed E-state index contributed by atoms with van der Waals surface area (Å²) in [7, 11) is 0. The third kappa shape index (κ3) is 1.22.